The summed E-state index contributed by atoms with van der Waals surface area (Å²) >= 11 is 0. The number of phenols is 2. The molecule has 2 aliphatic rings. The predicted molar refractivity (Wildman–Crippen MR) is 185 cm³/mol. The van der Waals surface area contributed by atoms with Crippen molar-refractivity contribution >= 4 is 5.97 Å². The van der Waals surface area contributed by atoms with Gasteiger partial charge >= 0.3 is 5.97 Å². The first-order chi connectivity index (χ1) is 21.7. The number of benzene rings is 4. The first kappa shape index (κ1) is 35.4. The van der Waals surface area contributed by atoms with Crippen molar-refractivity contribution in [1.29, 1.82) is 0 Å². The van der Waals surface area contributed by atoms with Crippen LogP contribution in [0.1, 0.15) is 97.8 Å². The van der Waals surface area contributed by atoms with E-state index < -0.39 is 5.41 Å². The van der Waals surface area contributed by atoms with Crippen LogP contribution in [-0.2, 0) is 14.9 Å². The average molecular weight is 611 g/mol. The quantitative estimate of drug-likeness (QED) is 0.194. The number of rotatable bonds is 5. The number of fused-ring (bicyclic) bond motifs is 3. The summed E-state index contributed by atoms with van der Waals surface area (Å²) in [6.45, 7) is 21.2. The van der Waals surface area contributed by atoms with Gasteiger partial charge in [0.1, 0.15) is 18.1 Å². The van der Waals surface area contributed by atoms with Gasteiger partial charge in [0, 0.05) is 11.0 Å². The zero-order valence-electron chi connectivity index (χ0n) is 28.7. The van der Waals surface area contributed by atoms with Gasteiger partial charge in [0.15, 0.2) is 0 Å². The third kappa shape index (κ3) is 6.24. The number of carbonyl (C=O) groups excluding carboxylic acids is 1. The maximum absolute atomic E-state index is 13.6. The van der Waals surface area contributed by atoms with Crippen molar-refractivity contribution in [1.82, 2.24) is 0 Å². The SMILES string of the molecule is CC.CC.CC.Cc1cc(C2(c3cc(C)c(O)c(C)c3)c3ccccc3-c3c(C(=O)OCC4(C)COC4)cccc32)ccc1O. The Balaban J connectivity index is 0.000000870. The van der Waals surface area contributed by atoms with E-state index in [0.717, 1.165) is 50.1 Å². The van der Waals surface area contributed by atoms with E-state index in [1.54, 1.807) is 6.07 Å². The lowest BCUT2D eigenvalue weighted by molar-refractivity contribution is -0.127. The molecule has 1 unspecified atom stereocenters. The smallest absolute Gasteiger partial charge is 0.338 e. The van der Waals surface area contributed by atoms with E-state index in [4.69, 9.17) is 9.47 Å². The number of phenolic OH excluding ortho intramolecular Hbond substituents is 2. The second kappa shape index (κ2) is 14.8. The monoisotopic (exact) mass is 610 g/mol. The second-order valence-electron chi connectivity index (χ2n) is 11.4. The molecule has 0 aromatic heterocycles. The number of aromatic hydroxyl groups is 2. The van der Waals surface area contributed by atoms with Gasteiger partial charge in [0.2, 0.25) is 0 Å². The number of aryl methyl sites for hydroxylation is 3. The van der Waals surface area contributed by atoms with Crippen LogP contribution in [-0.4, -0.2) is 36.0 Å². The summed E-state index contributed by atoms with van der Waals surface area (Å²) in [6, 6.07) is 23.7. The topological polar surface area (TPSA) is 76.0 Å². The normalized spacial score (nSPS) is 16.6. The molecule has 5 heteroatoms. The lowest BCUT2D eigenvalue weighted by Gasteiger charge is -2.37. The maximum Gasteiger partial charge on any atom is 0.338 e. The third-order valence-corrected chi connectivity index (χ3v) is 8.30. The molecule has 0 saturated carbocycles. The van der Waals surface area contributed by atoms with Crippen LogP contribution < -0.4 is 0 Å². The van der Waals surface area contributed by atoms with E-state index >= 15 is 0 Å². The Bertz CT molecular complexity index is 1610. The lowest BCUT2D eigenvalue weighted by atomic mass is 9.67. The van der Waals surface area contributed by atoms with Gasteiger partial charge in [-0.1, -0.05) is 109 Å². The van der Waals surface area contributed by atoms with E-state index in [0.29, 0.717) is 25.4 Å². The summed E-state index contributed by atoms with van der Waals surface area (Å²) in [7, 11) is 0. The van der Waals surface area contributed by atoms with Gasteiger partial charge in [-0.2, -0.15) is 0 Å². The van der Waals surface area contributed by atoms with Gasteiger partial charge in [-0.05, 0) is 77.4 Å². The number of ether oxygens (including phenoxy) is 2. The molecule has 45 heavy (non-hydrogen) atoms. The Labute approximate surface area is 269 Å². The Morgan fingerprint density at radius 3 is 1.91 bits per heavy atom. The molecule has 2 N–H and O–H groups in total. The van der Waals surface area contributed by atoms with Gasteiger partial charge < -0.3 is 19.7 Å². The largest absolute Gasteiger partial charge is 0.508 e. The highest BCUT2D eigenvalue weighted by Crippen LogP contribution is 2.57. The Morgan fingerprint density at radius 1 is 0.756 bits per heavy atom. The van der Waals surface area contributed by atoms with Gasteiger partial charge in [0.05, 0.1) is 24.2 Å². The van der Waals surface area contributed by atoms with Crippen LogP contribution in [0, 0.1) is 26.2 Å². The van der Waals surface area contributed by atoms with E-state index in [9.17, 15) is 15.0 Å². The lowest BCUT2D eigenvalue weighted by Crippen LogP contribution is -2.44. The molecule has 4 aromatic carbocycles. The van der Waals surface area contributed by atoms with Crippen molar-refractivity contribution in [2.24, 2.45) is 5.41 Å². The Hall–Kier alpha value is -4.09. The summed E-state index contributed by atoms with van der Waals surface area (Å²) in [5.74, 6) is 0.142. The van der Waals surface area contributed by atoms with E-state index in [2.05, 4.69) is 25.1 Å². The van der Waals surface area contributed by atoms with Crippen molar-refractivity contribution in [3.8, 4) is 22.6 Å². The predicted octanol–water partition coefficient (Wildman–Crippen LogP) is 9.66. The molecule has 1 aliphatic heterocycles. The van der Waals surface area contributed by atoms with Crippen LogP contribution in [0.15, 0.2) is 72.8 Å². The minimum Gasteiger partial charge on any atom is -0.508 e. The molecular weight excluding hydrogens is 560 g/mol. The Morgan fingerprint density at radius 2 is 1.33 bits per heavy atom. The molecule has 1 heterocycles. The highest BCUT2D eigenvalue weighted by atomic mass is 16.5. The highest BCUT2D eigenvalue weighted by molar-refractivity contribution is 6.02. The Kier molecular flexibility index (Phi) is 11.6. The second-order valence-corrected chi connectivity index (χ2v) is 11.4. The molecule has 1 fully saturated rings. The van der Waals surface area contributed by atoms with Gasteiger partial charge in [-0.3, -0.25) is 0 Å². The fourth-order valence-corrected chi connectivity index (χ4v) is 6.20. The van der Waals surface area contributed by atoms with E-state index in [-0.39, 0.29) is 22.9 Å². The number of carbonyl (C=O) groups is 1. The van der Waals surface area contributed by atoms with Crippen LogP contribution >= 0.6 is 0 Å². The molecule has 1 aliphatic carbocycles. The highest BCUT2D eigenvalue weighted by Gasteiger charge is 2.48. The van der Waals surface area contributed by atoms with Gasteiger partial charge in [-0.15, -0.1) is 0 Å². The minimum atomic E-state index is -0.780. The molecule has 4 aromatic rings. The summed E-state index contributed by atoms with van der Waals surface area (Å²) in [5, 5.41) is 21.1. The fraction of sp³-hybridized carbons (Fsp3) is 0.375. The summed E-state index contributed by atoms with van der Waals surface area (Å²) in [4.78, 5) is 13.6. The van der Waals surface area contributed by atoms with Gasteiger partial charge in [0.25, 0.3) is 0 Å². The van der Waals surface area contributed by atoms with Crippen molar-refractivity contribution < 1.29 is 24.5 Å². The summed E-state index contributed by atoms with van der Waals surface area (Å²) in [6.07, 6.45) is 0. The van der Waals surface area contributed by atoms with Crippen LogP contribution in [0.5, 0.6) is 11.5 Å². The molecule has 6 rings (SSSR count). The van der Waals surface area contributed by atoms with E-state index in [1.165, 1.54) is 0 Å². The molecule has 0 amide bonds. The van der Waals surface area contributed by atoms with Crippen LogP contribution in [0.4, 0.5) is 0 Å². The third-order valence-electron chi connectivity index (χ3n) is 8.30. The molecule has 0 bridgehead atoms. The summed E-state index contributed by atoms with van der Waals surface area (Å²) in [5.41, 5.74) is 7.67. The van der Waals surface area contributed by atoms with Crippen molar-refractivity contribution in [3.63, 3.8) is 0 Å². The van der Waals surface area contributed by atoms with Crippen molar-refractivity contribution in [3.05, 3.63) is 117 Å². The van der Waals surface area contributed by atoms with Crippen molar-refractivity contribution in [2.75, 3.05) is 19.8 Å². The van der Waals surface area contributed by atoms with Crippen molar-refractivity contribution in [2.45, 2.75) is 74.7 Å². The molecule has 0 spiro atoms. The standard InChI is InChI=1S/C34H32O5.3C2H6/c1-20-14-23(12-13-29(20)35)34(24-15-21(2)31(36)22(3)16-24)27-10-6-5-8-25(27)30-26(9-7-11-28(30)34)32(37)39-19-33(4)17-38-18-33;3*1-2/h5-16,35-36H,17-19H2,1-4H3;3*1-2H3. The average Bonchev–Trinajstić information content (AvgIpc) is 3.37. The van der Waals surface area contributed by atoms with Crippen LogP contribution in [0.25, 0.3) is 11.1 Å². The molecule has 1 atom stereocenters. The number of hydrogen-bond acceptors (Lipinski definition) is 5. The first-order valence-corrected chi connectivity index (χ1v) is 16.2. The van der Waals surface area contributed by atoms with E-state index in [1.807, 2.05) is 111 Å². The summed E-state index contributed by atoms with van der Waals surface area (Å²) < 4.78 is 11.2. The molecule has 1 saturated heterocycles. The molecule has 240 valence electrons. The minimum absolute atomic E-state index is 0.153. The van der Waals surface area contributed by atoms with Crippen LogP contribution in [0.3, 0.4) is 0 Å². The fourth-order valence-electron chi connectivity index (χ4n) is 6.20. The first-order valence-electron chi connectivity index (χ1n) is 16.2. The molecular formula is C40H50O5. The number of hydrogen-bond donors (Lipinski definition) is 2. The van der Waals surface area contributed by atoms with Crippen LogP contribution in [0.2, 0.25) is 0 Å². The molecule has 0 radical (unpaired) electrons. The molecule has 5 nitrogen and oxygen atoms in total. The maximum atomic E-state index is 13.6. The zero-order valence-corrected chi connectivity index (χ0v) is 28.7. The zero-order chi connectivity index (χ0) is 33.5. The number of esters is 1. The van der Waals surface area contributed by atoms with Gasteiger partial charge in [-0.25, -0.2) is 4.79 Å².